The number of hydrogen-bond acceptors (Lipinski definition) is 0. The van der Waals surface area contributed by atoms with E-state index >= 15 is 0 Å². The van der Waals surface area contributed by atoms with E-state index in [1.165, 1.54) is 66.4 Å². The van der Waals surface area contributed by atoms with Crippen molar-refractivity contribution >= 4 is 0 Å². The van der Waals surface area contributed by atoms with Crippen molar-refractivity contribution in [2.24, 2.45) is 11.8 Å². The Labute approximate surface area is 213 Å². The second-order valence-electron chi connectivity index (χ2n) is 10.4. The van der Waals surface area contributed by atoms with Crippen molar-refractivity contribution in [1.82, 2.24) is 0 Å². The molecule has 4 rings (SSSR count). The Morgan fingerprint density at radius 1 is 0.829 bits per heavy atom. The van der Waals surface area contributed by atoms with Crippen LogP contribution >= 0.6 is 0 Å². The van der Waals surface area contributed by atoms with Crippen molar-refractivity contribution in [3.8, 4) is 12.3 Å². The molecule has 0 bridgehead atoms. The van der Waals surface area contributed by atoms with Crippen LogP contribution in [0.3, 0.4) is 0 Å². The topological polar surface area (TPSA) is 0 Å². The van der Waals surface area contributed by atoms with Gasteiger partial charge >= 0.3 is 0 Å². The van der Waals surface area contributed by atoms with Crippen LogP contribution in [-0.4, -0.2) is 0 Å². The van der Waals surface area contributed by atoms with E-state index in [0.29, 0.717) is 11.8 Å². The van der Waals surface area contributed by atoms with Crippen molar-refractivity contribution in [3.05, 3.63) is 119 Å². The van der Waals surface area contributed by atoms with Gasteiger partial charge in [-0.15, -0.1) is 6.42 Å². The summed E-state index contributed by atoms with van der Waals surface area (Å²) in [4.78, 5) is 0. The molecule has 0 saturated heterocycles. The summed E-state index contributed by atoms with van der Waals surface area (Å²) < 4.78 is 0. The maximum absolute atomic E-state index is 5.52. The molecule has 0 aromatic heterocycles. The molecule has 0 aliphatic heterocycles. The van der Waals surface area contributed by atoms with Crippen LogP contribution in [0.5, 0.6) is 0 Å². The fraction of sp³-hybridized carbons (Fsp3) is 0.371. The summed E-state index contributed by atoms with van der Waals surface area (Å²) in [6, 6.07) is 28.9. The van der Waals surface area contributed by atoms with E-state index in [1.807, 2.05) is 0 Å². The molecule has 1 unspecified atom stereocenters. The molecule has 0 radical (unpaired) electrons. The summed E-state index contributed by atoms with van der Waals surface area (Å²) in [5.41, 5.74) is 8.12. The molecule has 0 nitrogen and oxygen atoms in total. The van der Waals surface area contributed by atoms with E-state index in [9.17, 15) is 0 Å². The molecule has 180 valence electrons. The van der Waals surface area contributed by atoms with Gasteiger partial charge in [-0.3, -0.25) is 0 Å². The molecule has 1 aliphatic rings. The summed E-state index contributed by atoms with van der Waals surface area (Å²) in [5, 5.41) is 0. The van der Waals surface area contributed by atoms with Crippen molar-refractivity contribution in [1.29, 1.82) is 0 Å². The number of aryl methyl sites for hydroxylation is 2. The third-order valence-electron chi connectivity index (χ3n) is 7.90. The van der Waals surface area contributed by atoms with Crippen LogP contribution in [0.4, 0.5) is 0 Å². The second kappa shape index (κ2) is 12.6. The highest BCUT2D eigenvalue weighted by atomic mass is 14.3. The molecule has 1 saturated carbocycles. The van der Waals surface area contributed by atoms with Crippen LogP contribution in [0.1, 0.15) is 79.2 Å². The minimum Gasteiger partial charge on any atom is -0.115 e. The number of allylic oxidation sites excluding steroid dienone is 1. The molecular weight excluding hydrogens is 420 g/mol. The first-order valence-corrected chi connectivity index (χ1v) is 13.5. The van der Waals surface area contributed by atoms with Gasteiger partial charge in [0, 0.05) is 11.5 Å². The smallest absolute Gasteiger partial charge is 0.0242 e. The van der Waals surface area contributed by atoms with Crippen molar-refractivity contribution in [3.63, 3.8) is 0 Å². The zero-order valence-electron chi connectivity index (χ0n) is 21.4. The monoisotopic (exact) mass is 460 g/mol. The summed E-state index contributed by atoms with van der Waals surface area (Å²) in [5.74, 6) is 4.65. The van der Waals surface area contributed by atoms with Crippen LogP contribution in [0, 0.1) is 24.2 Å². The lowest BCUT2D eigenvalue weighted by atomic mass is 9.69. The molecule has 1 fully saturated rings. The maximum atomic E-state index is 5.52. The van der Waals surface area contributed by atoms with Gasteiger partial charge in [0.05, 0.1) is 0 Å². The molecule has 0 amide bonds. The van der Waals surface area contributed by atoms with Crippen molar-refractivity contribution in [2.45, 2.75) is 70.6 Å². The maximum Gasteiger partial charge on any atom is 0.0242 e. The molecule has 1 atom stereocenters. The highest BCUT2D eigenvalue weighted by Gasteiger charge is 2.30. The molecule has 0 heteroatoms. The van der Waals surface area contributed by atoms with Crippen LogP contribution in [0.15, 0.2) is 91.0 Å². The van der Waals surface area contributed by atoms with Gasteiger partial charge < -0.3 is 0 Å². The summed E-state index contributed by atoms with van der Waals surface area (Å²) in [7, 11) is 0. The summed E-state index contributed by atoms with van der Waals surface area (Å²) in [6.07, 6.45) is 16.4. The van der Waals surface area contributed by atoms with Crippen LogP contribution < -0.4 is 0 Å². The normalized spacial score (nSPS) is 18.5. The fourth-order valence-electron chi connectivity index (χ4n) is 5.92. The molecule has 0 N–H and O–H groups in total. The van der Waals surface area contributed by atoms with Gasteiger partial charge in [-0.25, -0.2) is 0 Å². The largest absolute Gasteiger partial charge is 0.115 e. The molecule has 3 aromatic rings. The highest BCUT2D eigenvalue weighted by molar-refractivity contribution is 5.35. The van der Waals surface area contributed by atoms with Crippen molar-refractivity contribution in [2.75, 3.05) is 0 Å². The molecule has 1 aliphatic carbocycles. The van der Waals surface area contributed by atoms with E-state index in [0.717, 1.165) is 30.7 Å². The fourth-order valence-corrected chi connectivity index (χ4v) is 5.92. The lowest BCUT2D eigenvalue weighted by Gasteiger charge is -2.35. The Bertz CT molecular complexity index is 1090. The second-order valence-corrected chi connectivity index (χ2v) is 10.4. The SMILES string of the molecule is C#Cc1ccc(CC2CCC(C(C(=C)CCc3ccccc3)c3ccc(CCC)cc3)CC2)cc1. The molecule has 35 heavy (non-hydrogen) atoms. The lowest BCUT2D eigenvalue weighted by molar-refractivity contribution is 0.252. The first-order valence-electron chi connectivity index (χ1n) is 13.5. The number of hydrogen-bond donors (Lipinski definition) is 0. The minimum atomic E-state index is 0.463. The van der Waals surface area contributed by atoms with E-state index in [2.05, 4.69) is 98.3 Å². The first-order chi connectivity index (χ1) is 17.2. The molecule has 0 spiro atoms. The van der Waals surface area contributed by atoms with E-state index in [4.69, 9.17) is 6.42 Å². The third-order valence-corrected chi connectivity index (χ3v) is 7.90. The quantitative estimate of drug-likeness (QED) is 0.209. The molecule has 0 heterocycles. The number of rotatable bonds is 10. The van der Waals surface area contributed by atoms with Gasteiger partial charge in [-0.1, -0.05) is 98.1 Å². The van der Waals surface area contributed by atoms with Gasteiger partial charge in [0.25, 0.3) is 0 Å². The zero-order valence-corrected chi connectivity index (χ0v) is 21.4. The zero-order chi connectivity index (χ0) is 24.5. The van der Waals surface area contributed by atoms with Crippen LogP contribution in [-0.2, 0) is 19.3 Å². The Morgan fingerprint density at radius 2 is 1.46 bits per heavy atom. The van der Waals surface area contributed by atoms with E-state index < -0.39 is 0 Å². The van der Waals surface area contributed by atoms with Crippen molar-refractivity contribution < 1.29 is 0 Å². The number of terminal acetylenes is 1. The molecular formula is C35H40. The summed E-state index contributed by atoms with van der Waals surface area (Å²) in [6.45, 7) is 6.92. The van der Waals surface area contributed by atoms with Gasteiger partial charge in [-0.2, -0.15) is 0 Å². The Balaban J connectivity index is 1.43. The van der Waals surface area contributed by atoms with E-state index in [-0.39, 0.29) is 0 Å². The van der Waals surface area contributed by atoms with Gasteiger partial charge in [-0.05, 0) is 97.6 Å². The standard InChI is InChI=1S/C35H40/c1-4-9-29-18-22-33(23-19-29)35(27(3)12-13-30-10-7-6-8-11-30)34-24-20-32(21-25-34)26-31-16-14-28(5-2)15-17-31/h2,6-8,10-11,14-19,22-23,32,34-35H,3-4,9,12-13,20-21,24-26H2,1H3. The van der Waals surface area contributed by atoms with E-state index in [1.54, 1.807) is 0 Å². The number of benzene rings is 3. The average molecular weight is 461 g/mol. The Morgan fingerprint density at radius 3 is 2.09 bits per heavy atom. The van der Waals surface area contributed by atoms with Gasteiger partial charge in [0.15, 0.2) is 0 Å². The minimum absolute atomic E-state index is 0.463. The summed E-state index contributed by atoms with van der Waals surface area (Å²) >= 11 is 0. The highest BCUT2D eigenvalue weighted by Crippen LogP contribution is 2.43. The van der Waals surface area contributed by atoms with Gasteiger partial charge in [0.2, 0.25) is 0 Å². The van der Waals surface area contributed by atoms with Crippen LogP contribution in [0.2, 0.25) is 0 Å². The predicted octanol–water partition coefficient (Wildman–Crippen LogP) is 8.94. The molecule has 3 aromatic carbocycles. The predicted molar refractivity (Wildman–Crippen MR) is 151 cm³/mol. The average Bonchev–Trinajstić information content (AvgIpc) is 2.91. The Hall–Kier alpha value is -3.04. The van der Waals surface area contributed by atoms with Gasteiger partial charge in [0.1, 0.15) is 0 Å². The lowest BCUT2D eigenvalue weighted by Crippen LogP contribution is -2.23. The Kier molecular flexibility index (Phi) is 9.02. The van der Waals surface area contributed by atoms with Crippen LogP contribution in [0.25, 0.3) is 0 Å². The third kappa shape index (κ3) is 6.99. The first kappa shape index (κ1) is 25.1.